The summed E-state index contributed by atoms with van der Waals surface area (Å²) in [5.41, 5.74) is 11.0. The first kappa shape index (κ1) is 21.4. The smallest absolute Gasteiger partial charge is 0.339 e. The molecule has 2 atom stereocenters. The number of methoxy groups -OCH3 is 1. The third kappa shape index (κ3) is 3.01. The Morgan fingerprint density at radius 1 is 1.24 bits per heavy atom. The monoisotopic (exact) mass is 455 g/mol. The van der Waals surface area contributed by atoms with Crippen LogP contribution >= 0.6 is 0 Å². The lowest BCUT2D eigenvalue weighted by Crippen LogP contribution is -2.37. The summed E-state index contributed by atoms with van der Waals surface area (Å²) in [5.74, 6) is 0.571. The lowest BCUT2D eigenvalue weighted by molar-refractivity contribution is 0.00892. The van der Waals surface area contributed by atoms with Gasteiger partial charge in [-0.3, -0.25) is 4.90 Å². The fourth-order valence-electron chi connectivity index (χ4n) is 5.15. The number of likely N-dealkylation sites (N-methyl/N-ethyl adjacent to an activating group) is 1. The summed E-state index contributed by atoms with van der Waals surface area (Å²) in [7, 11) is 3.38. The molecule has 3 aliphatic rings. The molecule has 11 nitrogen and oxygen atoms in total. The number of nitrogens with zero attached hydrogens (tertiary/aromatic N) is 3. The highest BCUT2D eigenvalue weighted by atomic mass is 16.7. The molecule has 0 aromatic heterocycles. The Labute approximate surface area is 188 Å². The number of nitrogens with one attached hydrogen (secondary N) is 1. The zero-order valence-corrected chi connectivity index (χ0v) is 18.1. The number of carbonyl (C=O) groups excluding carboxylic acids is 1. The largest absolute Gasteiger partial charge is 0.496 e. The number of aliphatic hydroxyl groups excluding tert-OH is 2. The summed E-state index contributed by atoms with van der Waals surface area (Å²) in [6.07, 6.45) is -0.141. The number of hydrogen-bond acceptors (Lipinski definition) is 10. The van der Waals surface area contributed by atoms with Crippen molar-refractivity contribution in [3.05, 3.63) is 45.5 Å². The van der Waals surface area contributed by atoms with Crippen LogP contribution in [0.4, 0.5) is 5.69 Å². The minimum Gasteiger partial charge on any atom is -0.496 e. The van der Waals surface area contributed by atoms with Gasteiger partial charge in [0.2, 0.25) is 17.4 Å². The molecule has 0 fully saturated rings. The molecule has 2 aromatic rings. The first-order valence-corrected chi connectivity index (χ1v) is 10.4. The predicted molar refractivity (Wildman–Crippen MR) is 112 cm³/mol. The zero-order chi connectivity index (χ0) is 23.3. The van der Waals surface area contributed by atoms with Crippen molar-refractivity contribution in [3.63, 3.8) is 0 Å². The van der Waals surface area contributed by atoms with Gasteiger partial charge in [0, 0.05) is 23.2 Å². The van der Waals surface area contributed by atoms with Gasteiger partial charge in [-0.05, 0) is 30.7 Å². The molecular weight excluding hydrogens is 432 g/mol. The second-order valence-electron chi connectivity index (χ2n) is 8.01. The first-order chi connectivity index (χ1) is 16.0. The topological polar surface area (TPSA) is 148 Å². The van der Waals surface area contributed by atoms with Crippen LogP contribution in [0.15, 0.2) is 17.2 Å². The number of fused-ring (bicyclic) bond motifs is 3. The second kappa shape index (κ2) is 8.13. The van der Waals surface area contributed by atoms with E-state index in [1.54, 1.807) is 12.1 Å². The van der Waals surface area contributed by atoms with E-state index < -0.39 is 18.1 Å². The molecule has 0 bridgehead atoms. The van der Waals surface area contributed by atoms with Crippen LogP contribution in [0.25, 0.3) is 0 Å². The molecule has 3 heterocycles. The van der Waals surface area contributed by atoms with Gasteiger partial charge in [-0.2, -0.15) is 0 Å². The quantitative estimate of drug-likeness (QED) is 0.352. The van der Waals surface area contributed by atoms with Gasteiger partial charge in [-0.1, -0.05) is 6.07 Å². The van der Waals surface area contributed by atoms with E-state index in [9.17, 15) is 15.0 Å². The van der Waals surface area contributed by atoms with E-state index in [4.69, 9.17) is 24.5 Å². The van der Waals surface area contributed by atoms with Crippen molar-refractivity contribution in [2.45, 2.75) is 31.8 Å². The van der Waals surface area contributed by atoms with Crippen molar-refractivity contribution in [2.75, 3.05) is 27.5 Å². The summed E-state index contributed by atoms with van der Waals surface area (Å²) in [5, 5.41) is 24.2. The van der Waals surface area contributed by atoms with Crippen LogP contribution in [0.5, 0.6) is 17.2 Å². The third-order valence-corrected chi connectivity index (χ3v) is 6.54. The van der Waals surface area contributed by atoms with Crippen LogP contribution in [0.3, 0.4) is 0 Å². The van der Waals surface area contributed by atoms with Crippen molar-refractivity contribution in [1.82, 2.24) is 9.81 Å². The fraction of sp³-hybridized carbons (Fsp3) is 0.409. The van der Waals surface area contributed by atoms with E-state index >= 15 is 0 Å². The normalized spacial score (nSPS) is 20.7. The Morgan fingerprint density at radius 2 is 2.00 bits per heavy atom. The molecule has 172 valence electrons. The lowest BCUT2D eigenvalue weighted by Gasteiger charge is -2.39. The Hall–Kier alpha value is -3.50. The molecule has 2 unspecified atom stereocenters. The summed E-state index contributed by atoms with van der Waals surface area (Å²) < 4.78 is 22.4. The Balaban J connectivity index is 1.75. The number of ether oxygens (including phenoxy) is 4. The van der Waals surface area contributed by atoms with Gasteiger partial charge in [-0.15, -0.1) is 0 Å². The highest BCUT2D eigenvalue weighted by molar-refractivity contribution is 5.96. The maximum atomic E-state index is 12.9. The van der Waals surface area contributed by atoms with E-state index in [2.05, 4.69) is 10.0 Å². The second-order valence-corrected chi connectivity index (χ2v) is 8.01. The molecule has 0 saturated carbocycles. The van der Waals surface area contributed by atoms with Gasteiger partial charge in [0.05, 0.1) is 31.9 Å². The third-order valence-electron chi connectivity index (χ3n) is 6.54. The summed E-state index contributed by atoms with van der Waals surface area (Å²) >= 11 is 0. The van der Waals surface area contributed by atoms with Gasteiger partial charge < -0.3 is 29.2 Å². The van der Waals surface area contributed by atoms with Crippen LogP contribution < -0.4 is 19.1 Å². The lowest BCUT2D eigenvalue weighted by atomic mass is 9.82. The molecule has 0 aliphatic carbocycles. The predicted octanol–water partition coefficient (Wildman–Crippen LogP) is 2.03. The van der Waals surface area contributed by atoms with Crippen molar-refractivity contribution in [3.8, 4) is 17.2 Å². The number of carbonyl (C=O) groups is 1. The molecule has 5 rings (SSSR count). The van der Waals surface area contributed by atoms with Crippen LogP contribution in [0.2, 0.25) is 0 Å². The van der Waals surface area contributed by atoms with Crippen molar-refractivity contribution >= 4 is 11.7 Å². The zero-order valence-electron chi connectivity index (χ0n) is 18.1. The minimum absolute atomic E-state index is 0.0346. The van der Waals surface area contributed by atoms with Gasteiger partial charge in [0.25, 0.3) is 0 Å². The molecule has 11 heteroatoms. The van der Waals surface area contributed by atoms with Crippen molar-refractivity contribution in [1.29, 1.82) is 5.53 Å². The molecule has 3 N–H and O–H groups in total. The van der Waals surface area contributed by atoms with Gasteiger partial charge >= 0.3 is 5.97 Å². The number of hydrogen-bond donors (Lipinski definition) is 3. The molecule has 0 amide bonds. The average molecular weight is 455 g/mol. The van der Waals surface area contributed by atoms with E-state index in [1.807, 2.05) is 11.9 Å². The number of rotatable bonds is 5. The number of aliphatic hydroxyl groups is 2. The summed E-state index contributed by atoms with van der Waals surface area (Å²) in [6, 6.07) is 2.99. The minimum atomic E-state index is -0.709. The highest BCUT2D eigenvalue weighted by Gasteiger charge is 2.46. The maximum Gasteiger partial charge on any atom is 0.339 e. The van der Waals surface area contributed by atoms with Crippen molar-refractivity contribution < 1.29 is 34.0 Å². The van der Waals surface area contributed by atoms with Crippen molar-refractivity contribution in [2.24, 2.45) is 5.11 Å². The van der Waals surface area contributed by atoms with Crippen LogP contribution in [0.1, 0.15) is 50.3 Å². The number of benzene rings is 2. The molecule has 33 heavy (non-hydrogen) atoms. The molecule has 0 spiro atoms. The number of cyclic esters (lactones) is 1. The Bertz CT molecular complexity index is 1210. The van der Waals surface area contributed by atoms with Gasteiger partial charge in [-0.25, -0.2) is 4.79 Å². The molecular formula is C22H23N4O7+. The highest BCUT2D eigenvalue weighted by Crippen LogP contribution is 2.55. The van der Waals surface area contributed by atoms with Crippen LogP contribution in [-0.4, -0.2) is 48.6 Å². The van der Waals surface area contributed by atoms with Crippen LogP contribution in [0, 0.1) is 5.53 Å². The summed E-state index contributed by atoms with van der Waals surface area (Å²) in [6.45, 7) is -0.128. The SMILES string of the molecule is COc1ccc2c(c1CO)C(=O)OC2C1c2c(c(N=[N+]=N)c3c(c2CO)OCO3)CCN1C. The van der Waals surface area contributed by atoms with E-state index in [1.165, 1.54) is 7.11 Å². The van der Waals surface area contributed by atoms with E-state index in [0.717, 1.165) is 5.56 Å². The fourth-order valence-corrected chi connectivity index (χ4v) is 5.15. The van der Waals surface area contributed by atoms with Gasteiger partial charge in [0.15, 0.2) is 16.6 Å². The molecule has 3 aliphatic heterocycles. The molecule has 0 saturated heterocycles. The van der Waals surface area contributed by atoms with E-state index in [-0.39, 0.29) is 20.0 Å². The standard InChI is InChI=1S/C22H23N4O7/c1-26-6-5-10-15(13(8-28)20-21(32-9-31-20)17(10)24-25-23)18(26)19-11-3-4-14(30-2)12(7-27)16(11)22(29)33-19/h3-4,18-19,23,27-28H,5-9H2,1-2H3/q+1. The molecule has 0 radical (unpaired) electrons. The Morgan fingerprint density at radius 3 is 2.70 bits per heavy atom. The summed E-state index contributed by atoms with van der Waals surface area (Å²) in [4.78, 5) is 18.2. The van der Waals surface area contributed by atoms with Gasteiger partial charge in [0.1, 0.15) is 17.4 Å². The van der Waals surface area contributed by atoms with E-state index in [0.29, 0.717) is 63.7 Å². The molecule has 2 aromatic carbocycles. The average Bonchev–Trinajstić information content (AvgIpc) is 3.43. The Kier molecular flexibility index (Phi) is 5.26. The van der Waals surface area contributed by atoms with Crippen LogP contribution in [-0.2, 0) is 24.4 Å². The first-order valence-electron chi connectivity index (χ1n) is 10.4. The number of esters is 1. The maximum absolute atomic E-state index is 12.9.